The predicted molar refractivity (Wildman–Crippen MR) is 125 cm³/mol. The van der Waals surface area contributed by atoms with Crippen LogP contribution in [0.15, 0.2) is 54.6 Å². The largest absolute Gasteiger partial charge is 0.493 e. The zero-order valence-corrected chi connectivity index (χ0v) is 19.4. The number of hydrogen-bond acceptors (Lipinski definition) is 6. The first-order valence-corrected chi connectivity index (χ1v) is 11.3. The lowest BCUT2D eigenvalue weighted by molar-refractivity contribution is -0.135. The fourth-order valence-corrected chi connectivity index (χ4v) is 5.35. The van der Waals surface area contributed by atoms with Crippen molar-refractivity contribution in [2.45, 2.75) is 18.1 Å². The molecule has 2 amide bonds. The van der Waals surface area contributed by atoms with E-state index >= 15 is 0 Å². The molecule has 3 heterocycles. The number of methoxy groups -OCH3 is 3. The second-order valence-electron chi connectivity index (χ2n) is 8.80. The molecule has 0 saturated carbocycles. The fraction of sp³-hybridized carbons (Fsp3) is 0.385. The van der Waals surface area contributed by atoms with Crippen molar-refractivity contribution in [2.75, 3.05) is 39.7 Å². The number of ether oxygens (including phenoxy) is 4. The summed E-state index contributed by atoms with van der Waals surface area (Å²) in [7, 11) is 4.55. The molecular formula is C26H28N2O6. The van der Waals surface area contributed by atoms with Gasteiger partial charge in [-0.3, -0.25) is 9.59 Å². The summed E-state index contributed by atoms with van der Waals surface area (Å²) in [4.78, 5) is 28.7. The van der Waals surface area contributed by atoms with E-state index in [1.807, 2.05) is 35.3 Å². The molecule has 2 saturated heterocycles. The van der Waals surface area contributed by atoms with Crippen LogP contribution in [-0.4, -0.2) is 62.8 Å². The van der Waals surface area contributed by atoms with Gasteiger partial charge in [-0.15, -0.1) is 0 Å². The highest BCUT2D eigenvalue weighted by Crippen LogP contribution is 2.52. The van der Waals surface area contributed by atoms with E-state index in [1.165, 1.54) is 26.9 Å². The fourth-order valence-electron chi connectivity index (χ4n) is 5.35. The van der Waals surface area contributed by atoms with Crippen LogP contribution in [-0.2, 0) is 20.7 Å². The standard InChI is InChI=1S/C26H28N2O6/c1-31-19-13-17(14-20(32-2)23(19)33-3)27-24(29)21-18-9-11-26(34-18)15-28(25(30)22(21)26)12-10-16-7-5-4-6-8-16/h4-9,11,13-14,18,21-22H,10,12,15H2,1-3H3,(H,27,29)/t18-,21-,22+,26-/m1/s1. The number of benzene rings is 2. The number of amides is 2. The first-order valence-electron chi connectivity index (χ1n) is 11.3. The lowest BCUT2D eigenvalue weighted by Crippen LogP contribution is -2.41. The van der Waals surface area contributed by atoms with Gasteiger partial charge in [0.05, 0.1) is 45.8 Å². The highest BCUT2D eigenvalue weighted by atomic mass is 16.5. The molecule has 8 heteroatoms. The molecule has 0 aromatic heterocycles. The molecule has 5 rings (SSSR count). The normalized spacial score (nSPS) is 26.5. The van der Waals surface area contributed by atoms with Crippen molar-refractivity contribution in [1.82, 2.24) is 4.90 Å². The highest BCUT2D eigenvalue weighted by molar-refractivity contribution is 5.99. The monoisotopic (exact) mass is 464 g/mol. The Bertz CT molecular complexity index is 1110. The number of nitrogens with zero attached hydrogens (tertiary/aromatic N) is 1. The van der Waals surface area contributed by atoms with Gasteiger partial charge >= 0.3 is 0 Å². The van der Waals surface area contributed by atoms with E-state index in [1.54, 1.807) is 12.1 Å². The van der Waals surface area contributed by atoms with Crippen LogP contribution in [0.2, 0.25) is 0 Å². The van der Waals surface area contributed by atoms with E-state index in [-0.39, 0.29) is 11.8 Å². The van der Waals surface area contributed by atoms with Crippen LogP contribution in [0.5, 0.6) is 17.2 Å². The number of nitrogens with one attached hydrogen (secondary N) is 1. The van der Waals surface area contributed by atoms with E-state index in [9.17, 15) is 9.59 Å². The van der Waals surface area contributed by atoms with Crippen molar-refractivity contribution >= 4 is 17.5 Å². The summed E-state index contributed by atoms with van der Waals surface area (Å²) in [6, 6.07) is 13.4. The Morgan fingerprint density at radius 2 is 1.82 bits per heavy atom. The highest BCUT2D eigenvalue weighted by Gasteiger charge is 2.66. The Morgan fingerprint density at radius 1 is 1.12 bits per heavy atom. The molecule has 0 radical (unpaired) electrons. The number of rotatable bonds is 8. The van der Waals surface area contributed by atoms with Crippen molar-refractivity contribution in [3.63, 3.8) is 0 Å². The molecular weight excluding hydrogens is 436 g/mol. The Morgan fingerprint density at radius 3 is 2.47 bits per heavy atom. The zero-order chi connectivity index (χ0) is 23.9. The Balaban J connectivity index is 1.34. The topological polar surface area (TPSA) is 86.3 Å². The quantitative estimate of drug-likeness (QED) is 0.605. The van der Waals surface area contributed by atoms with Crippen LogP contribution in [0, 0.1) is 11.8 Å². The minimum atomic E-state index is -0.740. The first-order chi connectivity index (χ1) is 16.5. The summed E-state index contributed by atoms with van der Waals surface area (Å²) in [5.74, 6) is -0.156. The van der Waals surface area contributed by atoms with E-state index in [4.69, 9.17) is 18.9 Å². The van der Waals surface area contributed by atoms with Crippen molar-refractivity contribution in [1.29, 1.82) is 0 Å². The summed E-state index contributed by atoms with van der Waals surface area (Å²) in [6.45, 7) is 1.05. The maximum atomic E-state index is 13.4. The van der Waals surface area contributed by atoms with Gasteiger partial charge in [-0.1, -0.05) is 42.5 Å². The molecule has 1 spiro atoms. The third-order valence-electron chi connectivity index (χ3n) is 6.93. The summed E-state index contributed by atoms with van der Waals surface area (Å²) in [5, 5.41) is 2.93. The lowest BCUT2D eigenvalue weighted by Gasteiger charge is -2.24. The molecule has 0 unspecified atom stereocenters. The summed E-state index contributed by atoms with van der Waals surface area (Å²) >= 11 is 0. The third-order valence-corrected chi connectivity index (χ3v) is 6.93. The summed E-state index contributed by atoms with van der Waals surface area (Å²) in [5.41, 5.74) is 0.921. The minimum Gasteiger partial charge on any atom is -0.493 e. The lowest BCUT2D eigenvalue weighted by atomic mass is 9.77. The maximum absolute atomic E-state index is 13.4. The molecule has 2 aromatic carbocycles. The van der Waals surface area contributed by atoms with Crippen LogP contribution in [0.4, 0.5) is 5.69 Å². The van der Waals surface area contributed by atoms with Crippen LogP contribution in [0.25, 0.3) is 0 Å². The molecule has 2 aromatic rings. The zero-order valence-electron chi connectivity index (χ0n) is 19.4. The molecule has 3 aliphatic rings. The van der Waals surface area contributed by atoms with Crippen molar-refractivity contribution in [3.8, 4) is 17.2 Å². The van der Waals surface area contributed by atoms with Crippen molar-refractivity contribution < 1.29 is 28.5 Å². The van der Waals surface area contributed by atoms with E-state index in [2.05, 4.69) is 17.4 Å². The van der Waals surface area contributed by atoms with Gasteiger partial charge in [0.1, 0.15) is 5.60 Å². The van der Waals surface area contributed by atoms with Crippen LogP contribution in [0.3, 0.4) is 0 Å². The molecule has 34 heavy (non-hydrogen) atoms. The average Bonchev–Trinajstić information content (AvgIpc) is 3.50. The van der Waals surface area contributed by atoms with Crippen molar-refractivity contribution in [2.24, 2.45) is 11.8 Å². The number of fused-ring (bicyclic) bond motifs is 1. The minimum absolute atomic E-state index is 0.0344. The van der Waals surface area contributed by atoms with Gasteiger partial charge in [-0.05, 0) is 12.0 Å². The predicted octanol–water partition coefficient (Wildman–Crippen LogP) is 2.68. The molecule has 1 N–H and O–H groups in total. The Labute approximate surface area is 198 Å². The second kappa shape index (κ2) is 8.68. The smallest absolute Gasteiger partial charge is 0.231 e. The molecule has 8 nitrogen and oxygen atoms in total. The molecule has 2 fully saturated rings. The third kappa shape index (κ3) is 3.58. The second-order valence-corrected chi connectivity index (χ2v) is 8.80. The van der Waals surface area contributed by atoms with Crippen LogP contribution in [0.1, 0.15) is 5.56 Å². The maximum Gasteiger partial charge on any atom is 0.231 e. The van der Waals surface area contributed by atoms with Crippen LogP contribution >= 0.6 is 0 Å². The number of hydrogen-bond donors (Lipinski definition) is 1. The molecule has 4 atom stereocenters. The number of anilines is 1. The van der Waals surface area contributed by atoms with Gasteiger partial charge in [-0.25, -0.2) is 0 Å². The summed E-state index contributed by atoms with van der Waals surface area (Å²) < 4.78 is 22.4. The van der Waals surface area contributed by atoms with Gasteiger partial charge in [0, 0.05) is 24.4 Å². The molecule has 0 aliphatic carbocycles. The summed E-state index contributed by atoms with van der Waals surface area (Å²) in [6.07, 6.45) is 4.20. The number of carbonyl (C=O) groups excluding carboxylic acids is 2. The Kier molecular flexibility index (Phi) is 5.69. The van der Waals surface area contributed by atoms with Gasteiger partial charge in [0.15, 0.2) is 11.5 Å². The molecule has 2 bridgehead atoms. The van der Waals surface area contributed by atoms with E-state index < -0.39 is 23.5 Å². The SMILES string of the molecule is COc1cc(NC(=O)[C@H]2[C@H]3C(=O)N(CCc4ccccc4)C[C@]34C=C[C@H]2O4)cc(OC)c1OC. The van der Waals surface area contributed by atoms with E-state index in [0.29, 0.717) is 36.0 Å². The molecule has 3 aliphatic heterocycles. The van der Waals surface area contributed by atoms with Gasteiger partial charge in [0.25, 0.3) is 0 Å². The van der Waals surface area contributed by atoms with Crippen LogP contribution < -0.4 is 19.5 Å². The van der Waals surface area contributed by atoms with Gasteiger partial charge < -0.3 is 29.2 Å². The van der Waals surface area contributed by atoms with Gasteiger partial charge in [-0.2, -0.15) is 0 Å². The average molecular weight is 465 g/mol. The Hall–Kier alpha value is -3.52. The van der Waals surface area contributed by atoms with Gasteiger partial charge in [0.2, 0.25) is 17.6 Å². The molecule has 178 valence electrons. The number of likely N-dealkylation sites (tertiary alicyclic amines) is 1. The van der Waals surface area contributed by atoms with E-state index in [0.717, 1.165) is 6.42 Å². The first kappa shape index (κ1) is 22.3. The van der Waals surface area contributed by atoms with Crippen molar-refractivity contribution in [3.05, 3.63) is 60.2 Å². The number of carbonyl (C=O) groups is 2.